The van der Waals surface area contributed by atoms with Gasteiger partial charge in [0.05, 0.1) is 32.9 Å². The lowest BCUT2D eigenvalue weighted by molar-refractivity contribution is -0.236. The molecular weight excluding hydrogens is 694 g/mol. The molecule has 1 amide bonds. The molecule has 0 unspecified atom stereocenters. The standard InChI is InChI=1S/C35H37F8N3O5/c1-50-27-10-9-22(18-46-16-13-33(36,37)19-46)29(51-2)28(27)25-8-4-6-23-21(5-3-7-24(23)25)17-26(30(47)48)44-31(49)32(35(41,42)43)11-14-45(15-12-32)20-34(38,39)40/h3-10,26H,11-20H2,1-2H3,(H,44,49)(H,47,48)/t26-/m0/s1. The lowest BCUT2D eigenvalue weighted by atomic mass is 9.76. The third-order valence-electron chi connectivity index (χ3n) is 9.67. The summed E-state index contributed by atoms with van der Waals surface area (Å²) < 4.78 is 121. The molecule has 2 fully saturated rings. The maximum Gasteiger partial charge on any atom is 0.403 e. The molecule has 8 nitrogen and oxygen atoms in total. The van der Waals surface area contributed by atoms with Crippen LogP contribution < -0.4 is 14.8 Å². The van der Waals surface area contributed by atoms with Crippen molar-refractivity contribution in [2.45, 2.75) is 56.5 Å². The summed E-state index contributed by atoms with van der Waals surface area (Å²) in [5.41, 5.74) is -1.00. The van der Waals surface area contributed by atoms with Gasteiger partial charge in [0.1, 0.15) is 23.0 Å². The van der Waals surface area contributed by atoms with E-state index in [0.29, 0.717) is 44.5 Å². The van der Waals surface area contributed by atoms with Gasteiger partial charge >= 0.3 is 18.3 Å². The van der Waals surface area contributed by atoms with Gasteiger partial charge in [-0.3, -0.25) is 14.6 Å². The molecule has 1 atom stereocenters. The summed E-state index contributed by atoms with van der Waals surface area (Å²) in [6.07, 6.45) is -12.4. The molecule has 0 saturated carbocycles. The van der Waals surface area contributed by atoms with E-state index < -0.39 is 87.0 Å². The predicted octanol–water partition coefficient (Wildman–Crippen LogP) is 6.68. The Labute approximate surface area is 288 Å². The molecule has 3 aromatic carbocycles. The number of fused-ring (bicyclic) bond motifs is 1. The Bertz CT molecular complexity index is 1760. The highest BCUT2D eigenvalue weighted by molar-refractivity contribution is 6.01. The van der Waals surface area contributed by atoms with Crippen LogP contribution in [0.2, 0.25) is 0 Å². The number of nitrogens with zero attached hydrogens (tertiary/aromatic N) is 2. The number of halogens is 8. The number of rotatable bonds is 11. The molecule has 0 spiro atoms. The van der Waals surface area contributed by atoms with Crippen LogP contribution in [0.15, 0.2) is 48.5 Å². The average molecular weight is 732 g/mol. The number of alkyl halides is 8. The molecule has 0 aromatic heterocycles. The molecule has 0 radical (unpaired) electrons. The Morgan fingerprint density at radius 3 is 2.08 bits per heavy atom. The number of amides is 1. The second kappa shape index (κ2) is 14.4. The molecule has 0 aliphatic carbocycles. The molecule has 16 heteroatoms. The molecule has 3 aromatic rings. The van der Waals surface area contributed by atoms with Crippen molar-refractivity contribution < 1.29 is 59.3 Å². The summed E-state index contributed by atoms with van der Waals surface area (Å²) in [6.45, 7) is -2.79. The van der Waals surface area contributed by atoms with Crippen LogP contribution in [0.4, 0.5) is 35.1 Å². The SMILES string of the molecule is COc1ccc(CN2CCC(F)(F)C2)c(OC)c1-c1cccc2c(C[C@H](NC(=O)C3(C(F)(F)F)CCN(CC(F)(F)F)CC3)C(=O)O)cccc12. The first-order valence-electron chi connectivity index (χ1n) is 16.1. The van der Waals surface area contributed by atoms with Gasteiger partial charge in [0.2, 0.25) is 5.91 Å². The molecular formula is C35H37F8N3O5. The number of nitrogens with one attached hydrogen (secondary N) is 1. The van der Waals surface area contributed by atoms with Crippen molar-refractivity contribution in [1.82, 2.24) is 15.1 Å². The van der Waals surface area contributed by atoms with Crippen LogP contribution in [0, 0.1) is 5.41 Å². The van der Waals surface area contributed by atoms with Crippen molar-refractivity contribution >= 4 is 22.6 Å². The van der Waals surface area contributed by atoms with Gasteiger partial charge in [0, 0.05) is 31.5 Å². The Hall–Kier alpha value is -4.18. The summed E-state index contributed by atoms with van der Waals surface area (Å²) in [7, 11) is 2.88. The van der Waals surface area contributed by atoms with E-state index >= 15 is 0 Å². The number of carbonyl (C=O) groups excluding carboxylic acids is 1. The number of aliphatic carboxylic acids is 1. The monoisotopic (exact) mass is 731 g/mol. The Balaban J connectivity index is 1.46. The first-order valence-corrected chi connectivity index (χ1v) is 16.1. The highest BCUT2D eigenvalue weighted by atomic mass is 19.4. The number of ether oxygens (including phenoxy) is 2. The van der Waals surface area contributed by atoms with Crippen LogP contribution in [0.1, 0.15) is 30.4 Å². The summed E-state index contributed by atoms with van der Waals surface area (Å²) in [5, 5.41) is 13.2. The van der Waals surface area contributed by atoms with Crippen molar-refractivity contribution in [1.29, 1.82) is 0 Å². The lowest BCUT2D eigenvalue weighted by Crippen LogP contribution is -2.59. The number of likely N-dealkylation sites (tertiary alicyclic amines) is 2. The Kier molecular flexibility index (Phi) is 10.8. The Morgan fingerprint density at radius 1 is 0.863 bits per heavy atom. The first-order chi connectivity index (χ1) is 23.9. The molecule has 51 heavy (non-hydrogen) atoms. The zero-order chi connectivity index (χ0) is 37.4. The Morgan fingerprint density at radius 2 is 1.51 bits per heavy atom. The van der Waals surface area contributed by atoms with Gasteiger partial charge in [0.25, 0.3) is 5.92 Å². The van der Waals surface area contributed by atoms with Crippen molar-refractivity contribution in [2.24, 2.45) is 5.41 Å². The van der Waals surface area contributed by atoms with Crippen molar-refractivity contribution in [3.05, 3.63) is 59.7 Å². The van der Waals surface area contributed by atoms with E-state index in [4.69, 9.17) is 9.47 Å². The predicted molar refractivity (Wildman–Crippen MR) is 171 cm³/mol. The van der Waals surface area contributed by atoms with Crippen LogP contribution in [0.25, 0.3) is 21.9 Å². The van der Waals surface area contributed by atoms with E-state index in [1.54, 1.807) is 53.4 Å². The molecule has 2 aliphatic heterocycles. The van der Waals surface area contributed by atoms with Gasteiger partial charge in [-0.05, 0) is 53.9 Å². The number of benzene rings is 3. The van der Waals surface area contributed by atoms with Crippen LogP contribution in [0.3, 0.4) is 0 Å². The van der Waals surface area contributed by atoms with Crippen molar-refractivity contribution in [3.63, 3.8) is 0 Å². The smallest absolute Gasteiger partial charge is 0.403 e. The quantitative estimate of drug-likeness (QED) is 0.213. The molecule has 278 valence electrons. The molecule has 2 N–H and O–H groups in total. The maximum absolute atomic E-state index is 14.4. The molecule has 2 heterocycles. The first kappa shape index (κ1) is 38.1. The minimum absolute atomic E-state index is 0.172. The van der Waals surface area contributed by atoms with Crippen LogP contribution in [0.5, 0.6) is 11.5 Å². The fraction of sp³-hybridized carbons (Fsp3) is 0.486. The zero-order valence-corrected chi connectivity index (χ0v) is 27.8. The third kappa shape index (κ3) is 8.16. The van der Waals surface area contributed by atoms with E-state index in [1.807, 2.05) is 5.32 Å². The second-order valence-corrected chi connectivity index (χ2v) is 13.0. The van der Waals surface area contributed by atoms with Gasteiger partial charge in [0.15, 0.2) is 0 Å². The number of hydrogen-bond donors (Lipinski definition) is 2. The third-order valence-corrected chi connectivity index (χ3v) is 9.67. The maximum atomic E-state index is 14.4. The fourth-order valence-electron chi connectivity index (χ4n) is 7.05. The van der Waals surface area contributed by atoms with Gasteiger partial charge < -0.3 is 19.9 Å². The fourth-order valence-corrected chi connectivity index (χ4v) is 7.05. The number of carbonyl (C=O) groups is 2. The largest absolute Gasteiger partial charge is 0.496 e. The summed E-state index contributed by atoms with van der Waals surface area (Å²) in [4.78, 5) is 28.1. The summed E-state index contributed by atoms with van der Waals surface area (Å²) in [6, 6.07) is 11.6. The molecule has 0 bridgehead atoms. The topological polar surface area (TPSA) is 91.3 Å². The number of hydrogen-bond acceptors (Lipinski definition) is 6. The van der Waals surface area contributed by atoms with Gasteiger partial charge in [-0.25, -0.2) is 13.6 Å². The molecule has 2 aliphatic rings. The van der Waals surface area contributed by atoms with E-state index in [9.17, 15) is 49.8 Å². The van der Waals surface area contributed by atoms with Gasteiger partial charge in [-0.15, -0.1) is 0 Å². The molecule has 2 saturated heterocycles. The van der Waals surface area contributed by atoms with E-state index in [2.05, 4.69) is 0 Å². The average Bonchev–Trinajstić information content (AvgIpc) is 3.40. The van der Waals surface area contributed by atoms with Crippen molar-refractivity contribution in [2.75, 3.05) is 46.9 Å². The van der Waals surface area contributed by atoms with Crippen molar-refractivity contribution in [3.8, 4) is 22.6 Å². The number of methoxy groups -OCH3 is 2. The number of piperidine rings is 1. The van der Waals surface area contributed by atoms with Gasteiger partial charge in [-0.2, -0.15) is 26.3 Å². The number of carboxylic acids is 1. The van der Waals surface area contributed by atoms with Crippen LogP contribution in [-0.4, -0.2) is 98.0 Å². The highest BCUT2D eigenvalue weighted by Crippen LogP contribution is 2.48. The second-order valence-electron chi connectivity index (χ2n) is 13.0. The van der Waals surface area contributed by atoms with E-state index in [-0.39, 0.29) is 19.5 Å². The lowest BCUT2D eigenvalue weighted by Gasteiger charge is -2.42. The molecule has 5 rings (SSSR count). The zero-order valence-electron chi connectivity index (χ0n) is 27.8. The van der Waals surface area contributed by atoms with E-state index in [0.717, 1.165) is 4.90 Å². The van der Waals surface area contributed by atoms with Crippen LogP contribution >= 0.6 is 0 Å². The van der Waals surface area contributed by atoms with Crippen LogP contribution in [-0.2, 0) is 22.6 Å². The highest BCUT2D eigenvalue weighted by Gasteiger charge is 2.61. The summed E-state index contributed by atoms with van der Waals surface area (Å²) >= 11 is 0. The minimum Gasteiger partial charge on any atom is -0.496 e. The van der Waals surface area contributed by atoms with Gasteiger partial charge in [-0.1, -0.05) is 42.5 Å². The minimum atomic E-state index is -5.15. The normalized spacial score (nSPS) is 18.8. The number of carboxylic acid groups (broad SMARTS) is 1. The van der Waals surface area contributed by atoms with E-state index in [1.165, 1.54) is 14.2 Å². The summed E-state index contributed by atoms with van der Waals surface area (Å²) in [5.74, 6) is -5.25.